The molecule has 1 unspecified atom stereocenters. The van der Waals surface area contributed by atoms with Crippen molar-refractivity contribution in [3.63, 3.8) is 0 Å². The summed E-state index contributed by atoms with van der Waals surface area (Å²) in [5, 5.41) is 5.53. The fourth-order valence-corrected chi connectivity index (χ4v) is 6.77. The molecule has 0 fully saturated rings. The summed E-state index contributed by atoms with van der Waals surface area (Å²) in [5.74, 6) is -0.484. The predicted octanol–water partition coefficient (Wildman–Crippen LogP) is 4.94. The number of para-hydroxylation sites is 2. The quantitative estimate of drug-likeness (QED) is 0.458. The maximum atomic E-state index is 14.1. The van der Waals surface area contributed by atoms with Gasteiger partial charge < -0.3 is 15.4 Å². The topological polar surface area (TPSA) is 105 Å². The molecule has 37 heavy (non-hydrogen) atoms. The minimum Gasteiger partial charge on any atom is -0.491 e. The van der Waals surface area contributed by atoms with E-state index in [1.54, 1.807) is 74.5 Å². The molecule has 3 aromatic rings. The number of anilines is 3. The summed E-state index contributed by atoms with van der Waals surface area (Å²) in [4.78, 5) is 26.5. The number of ether oxygens (including phenoxy) is 1. The molecule has 0 radical (unpaired) electrons. The van der Waals surface area contributed by atoms with Gasteiger partial charge in [-0.05, 0) is 70.0 Å². The van der Waals surface area contributed by atoms with E-state index in [-0.39, 0.29) is 17.4 Å². The first-order chi connectivity index (χ1) is 17.5. The van der Waals surface area contributed by atoms with Gasteiger partial charge in [-0.25, -0.2) is 8.42 Å². The van der Waals surface area contributed by atoms with Gasteiger partial charge in [0.2, 0.25) is 11.8 Å². The summed E-state index contributed by atoms with van der Waals surface area (Å²) >= 11 is 0. The van der Waals surface area contributed by atoms with Gasteiger partial charge in [0.05, 0.1) is 28.8 Å². The molecule has 3 aromatic carbocycles. The number of sulfonamides is 1. The van der Waals surface area contributed by atoms with Crippen molar-refractivity contribution < 1.29 is 22.7 Å². The minimum atomic E-state index is -4.20. The number of hydrogen-bond donors (Lipinski definition) is 2. The molecule has 9 heteroatoms. The first-order valence-electron chi connectivity index (χ1n) is 12.1. The summed E-state index contributed by atoms with van der Waals surface area (Å²) in [6.07, 6.45) is -0.414. The van der Waals surface area contributed by atoms with Crippen LogP contribution < -0.4 is 19.7 Å². The number of hydrogen-bond acceptors (Lipinski definition) is 5. The Morgan fingerprint density at radius 3 is 2.38 bits per heavy atom. The van der Waals surface area contributed by atoms with Crippen LogP contribution in [0, 0.1) is 20.8 Å². The number of benzene rings is 3. The highest BCUT2D eigenvalue weighted by molar-refractivity contribution is 7.93. The molecule has 0 saturated heterocycles. The molecule has 0 aliphatic carbocycles. The summed E-state index contributed by atoms with van der Waals surface area (Å²) in [5.41, 5.74) is 3.25. The molecule has 194 valence electrons. The van der Waals surface area contributed by atoms with Gasteiger partial charge >= 0.3 is 0 Å². The van der Waals surface area contributed by atoms with Crippen molar-refractivity contribution in [2.75, 3.05) is 14.9 Å². The van der Waals surface area contributed by atoms with E-state index in [4.69, 9.17) is 4.74 Å². The third kappa shape index (κ3) is 5.46. The largest absolute Gasteiger partial charge is 0.491 e. The van der Waals surface area contributed by atoms with Crippen LogP contribution in [0.3, 0.4) is 0 Å². The van der Waals surface area contributed by atoms with Crippen LogP contribution in [0.4, 0.5) is 17.1 Å². The van der Waals surface area contributed by atoms with Crippen molar-refractivity contribution in [3.8, 4) is 5.75 Å². The maximum Gasteiger partial charge on any atom is 0.265 e. The highest BCUT2D eigenvalue weighted by atomic mass is 32.2. The summed E-state index contributed by atoms with van der Waals surface area (Å²) < 4.78 is 35.1. The summed E-state index contributed by atoms with van der Waals surface area (Å²) in [6, 6.07) is 15.9. The van der Waals surface area contributed by atoms with Crippen molar-refractivity contribution >= 4 is 38.9 Å². The van der Waals surface area contributed by atoms with E-state index >= 15 is 0 Å². The number of nitrogens with zero attached hydrogens (tertiary/aromatic N) is 1. The Hall–Kier alpha value is -3.85. The molecule has 1 heterocycles. The molecule has 2 N–H and O–H groups in total. The summed E-state index contributed by atoms with van der Waals surface area (Å²) in [6.45, 7) is 9.16. The number of carbonyl (C=O) groups is 2. The molecule has 0 saturated carbocycles. The molecule has 1 aliphatic rings. The lowest BCUT2D eigenvalue weighted by molar-refractivity contribution is -0.122. The number of amides is 2. The van der Waals surface area contributed by atoms with Crippen LogP contribution >= 0.6 is 0 Å². The Labute approximate surface area is 217 Å². The zero-order chi connectivity index (χ0) is 26.9. The minimum absolute atomic E-state index is 0.0376. The molecular formula is C28H31N3O5S. The van der Waals surface area contributed by atoms with Gasteiger partial charge in [-0.15, -0.1) is 0 Å². The van der Waals surface area contributed by atoms with Crippen LogP contribution in [-0.4, -0.2) is 32.4 Å². The van der Waals surface area contributed by atoms with E-state index in [0.717, 1.165) is 9.87 Å². The Bertz CT molecular complexity index is 1440. The fraction of sp³-hybridized carbons (Fsp3) is 0.286. The van der Waals surface area contributed by atoms with Gasteiger partial charge in [0.25, 0.3) is 10.0 Å². The average Bonchev–Trinajstić information content (AvgIpc) is 2.78. The van der Waals surface area contributed by atoms with Gasteiger partial charge in [-0.1, -0.05) is 35.9 Å². The Balaban J connectivity index is 1.71. The number of aryl methyl sites for hydroxylation is 3. The lowest BCUT2D eigenvalue weighted by Gasteiger charge is -2.37. The molecule has 0 spiro atoms. The lowest BCUT2D eigenvalue weighted by atomic mass is 10.1. The lowest BCUT2D eigenvalue weighted by Crippen LogP contribution is -2.52. The second-order valence-electron chi connectivity index (χ2n) is 9.50. The third-order valence-electron chi connectivity index (χ3n) is 5.97. The number of fused-ring (bicyclic) bond motifs is 1. The van der Waals surface area contributed by atoms with E-state index in [2.05, 4.69) is 10.6 Å². The first-order valence-corrected chi connectivity index (χ1v) is 13.5. The first kappa shape index (κ1) is 26.2. The molecule has 4 rings (SSSR count). The van der Waals surface area contributed by atoms with Crippen molar-refractivity contribution in [2.45, 2.75) is 58.1 Å². The number of nitrogens with one attached hydrogen (secondary N) is 2. The zero-order valence-electron chi connectivity index (χ0n) is 21.5. The molecular weight excluding hydrogens is 490 g/mol. The van der Waals surface area contributed by atoms with Crippen LogP contribution in [0.2, 0.25) is 0 Å². The van der Waals surface area contributed by atoms with E-state index < -0.39 is 27.9 Å². The molecule has 0 aromatic heterocycles. The molecule has 1 atom stereocenters. The van der Waals surface area contributed by atoms with Gasteiger partial charge in [-0.2, -0.15) is 0 Å². The number of carbonyl (C=O) groups excluding carboxylic acids is 2. The van der Waals surface area contributed by atoms with E-state index in [1.807, 2.05) is 20.8 Å². The fourth-order valence-electron chi connectivity index (χ4n) is 4.71. The zero-order valence-corrected chi connectivity index (χ0v) is 22.3. The Kier molecular flexibility index (Phi) is 7.27. The highest BCUT2D eigenvalue weighted by Gasteiger charge is 2.43. The van der Waals surface area contributed by atoms with Gasteiger partial charge in [-0.3, -0.25) is 13.9 Å². The second-order valence-corrected chi connectivity index (χ2v) is 11.2. The van der Waals surface area contributed by atoms with Crippen molar-refractivity contribution in [1.29, 1.82) is 0 Å². The van der Waals surface area contributed by atoms with Crippen LogP contribution in [0.5, 0.6) is 5.75 Å². The Morgan fingerprint density at radius 2 is 1.70 bits per heavy atom. The SMILES string of the molecule is Cc1cc(C)c(S(=O)(=O)N2c3ccccc3NC(=O)C2CC(=O)Nc2cccc(OC(C)C)c2)c(C)c1. The molecule has 1 aliphatic heterocycles. The van der Waals surface area contributed by atoms with Crippen LogP contribution in [0.25, 0.3) is 0 Å². The normalized spacial score (nSPS) is 15.2. The van der Waals surface area contributed by atoms with Crippen LogP contribution in [0.15, 0.2) is 65.6 Å². The second kappa shape index (κ2) is 10.3. The molecule has 8 nitrogen and oxygen atoms in total. The maximum absolute atomic E-state index is 14.1. The van der Waals surface area contributed by atoms with Gasteiger partial charge in [0.15, 0.2) is 0 Å². The standard InChI is InChI=1S/C28H31N3O5S/c1-17(2)36-22-10-8-9-21(15-22)29-26(32)16-25-28(33)30-23-11-6-7-12-24(23)31(25)37(34,35)27-19(4)13-18(3)14-20(27)5/h6-15,17,25H,16H2,1-5H3,(H,29,32)(H,30,33). The molecule has 0 bridgehead atoms. The van der Waals surface area contributed by atoms with Crippen molar-refractivity contribution in [3.05, 3.63) is 77.4 Å². The number of rotatable bonds is 7. The van der Waals surface area contributed by atoms with Gasteiger partial charge in [0, 0.05) is 11.8 Å². The van der Waals surface area contributed by atoms with E-state index in [9.17, 15) is 18.0 Å². The predicted molar refractivity (Wildman–Crippen MR) is 145 cm³/mol. The summed E-state index contributed by atoms with van der Waals surface area (Å²) in [7, 11) is -4.20. The monoisotopic (exact) mass is 521 g/mol. The van der Waals surface area contributed by atoms with Crippen molar-refractivity contribution in [2.24, 2.45) is 0 Å². The Morgan fingerprint density at radius 1 is 1.03 bits per heavy atom. The van der Waals surface area contributed by atoms with Crippen LogP contribution in [-0.2, 0) is 19.6 Å². The average molecular weight is 522 g/mol. The van der Waals surface area contributed by atoms with E-state index in [1.165, 1.54) is 0 Å². The highest BCUT2D eigenvalue weighted by Crippen LogP contribution is 2.39. The van der Waals surface area contributed by atoms with Gasteiger partial charge in [0.1, 0.15) is 11.8 Å². The van der Waals surface area contributed by atoms with Crippen molar-refractivity contribution in [1.82, 2.24) is 0 Å². The molecule has 2 amide bonds. The third-order valence-corrected chi connectivity index (χ3v) is 8.10. The van der Waals surface area contributed by atoms with E-state index in [0.29, 0.717) is 33.9 Å². The smallest absolute Gasteiger partial charge is 0.265 e. The van der Waals surface area contributed by atoms with Crippen LogP contribution in [0.1, 0.15) is 37.0 Å².